The third-order valence-electron chi connectivity index (χ3n) is 2.24. The molecule has 1 fully saturated rings. The maximum absolute atomic E-state index is 13.1. The molecule has 1 aliphatic rings. The molecule has 0 amide bonds. The first-order valence-corrected chi connectivity index (χ1v) is 9.90. The smallest absolute Gasteiger partial charge is 0.370 e. The van der Waals surface area contributed by atoms with E-state index in [1.165, 1.54) is 6.92 Å². The normalized spacial score (nSPS) is 32.6. The summed E-state index contributed by atoms with van der Waals surface area (Å²) in [6, 6.07) is 0. The quantitative estimate of drug-likeness (QED) is 0.466. The highest BCUT2D eigenvalue weighted by Gasteiger charge is 2.41. The van der Waals surface area contributed by atoms with Crippen molar-refractivity contribution in [2.24, 2.45) is 0 Å². The molecule has 0 aromatic rings. The zero-order chi connectivity index (χ0) is 16.5. The average Bonchev–Trinajstić information content (AvgIpc) is 2.50. The van der Waals surface area contributed by atoms with Crippen LogP contribution in [0, 0.1) is 0 Å². The summed E-state index contributed by atoms with van der Waals surface area (Å²) in [6.07, 6.45) is -3.02. The van der Waals surface area contributed by atoms with Gasteiger partial charge >= 0.3 is 23.5 Å². The van der Waals surface area contributed by atoms with Gasteiger partial charge in [-0.1, -0.05) is 0 Å². The van der Waals surface area contributed by atoms with E-state index >= 15 is 0 Å². The third-order valence-corrected chi connectivity index (χ3v) is 6.05. The molecule has 1 rings (SSSR count). The average molecular weight is 374 g/mol. The molecule has 5 atom stereocenters. The van der Waals surface area contributed by atoms with Crippen LogP contribution in [0.1, 0.15) is 13.3 Å². The maximum atomic E-state index is 13.1. The fourth-order valence-electron chi connectivity index (χ4n) is 1.48. The van der Waals surface area contributed by atoms with Gasteiger partial charge < -0.3 is 24.3 Å². The number of rotatable bonds is 7. The molecule has 0 bridgehead atoms. The molecule has 0 saturated carbocycles. The fourth-order valence-corrected chi connectivity index (χ4v) is 4.52. The lowest BCUT2D eigenvalue weighted by molar-refractivity contribution is 0.0102. The van der Waals surface area contributed by atoms with Crippen molar-refractivity contribution < 1.29 is 55.5 Å². The summed E-state index contributed by atoms with van der Waals surface area (Å²) in [4.78, 5) is 34.6. The lowest BCUT2D eigenvalue weighted by atomic mass is 10.2. The van der Waals surface area contributed by atoms with Gasteiger partial charge in [0.1, 0.15) is 6.17 Å². The molecule has 126 valence electrons. The van der Waals surface area contributed by atoms with Gasteiger partial charge in [-0.25, -0.2) is 18.1 Å². The summed E-state index contributed by atoms with van der Waals surface area (Å²) >= 11 is 0. The molecular weight excluding hydrogens is 360 g/mol. The molecular formula is C6H14FO11P3. The molecule has 0 radical (unpaired) electrons. The molecule has 21 heavy (non-hydrogen) atoms. The Hall–Kier alpha value is 0.300. The van der Waals surface area contributed by atoms with Crippen LogP contribution in [-0.2, 0) is 31.6 Å². The van der Waals surface area contributed by atoms with Crippen LogP contribution in [0.5, 0.6) is 0 Å². The minimum atomic E-state index is -5.54. The number of hydrogen-bond donors (Lipinski definition) is 4. The fraction of sp³-hybridized carbons (Fsp3) is 1.00. The molecule has 15 heteroatoms. The summed E-state index contributed by atoms with van der Waals surface area (Å²) in [5, 5.41) is 0. The van der Waals surface area contributed by atoms with E-state index in [0.717, 1.165) is 0 Å². The first-order chi connectivity index (χ1) is 9.30. The highest BCUT2D eigenvalue weighted by Crippen LogP contribution is 2.66. The zero-order valence-electron chi connectivity index (χ0n) is 10.5. The number of phosphoric ester groups is 1. The van der Waals surface area contributed by atoms with Crippen molar-refractivity contribution in [2.75, 3.05) is 6.61 Å². The summed E-state index contributed by atoms with van der Waals surface area (Å²) in [7, 11) is -16.1. The monoisotopic (exact) mass is 374 g/mol. The number of hydrogen-bond acceptors (Lipinski definition) is 7. The molecule has 1 aliphatic heterocycles. The van der Waals surface area contributed by atoms with Crippen molar-refractivity contribution in [3.63, 3.8) is 0 Å². The second-order valence-corrected chi connectivity index (χ2v) is 8.52. The van der Waals surface area contributed by atoms with Gasteiger partial charge in [0.15, 0.2) is 0 Å². The van der Waals surface area contributed by atoms with Crippen LogP contribution in [-0.4, -0.2) is 44.6 Å². The molecule has 4 N–H and O–H groups in total. The predicted molar refractivity (Wildman–Crippen MR) is 63.7 cm³/mol. The van der Waals surface area contributed by atoms with Crippen LogP contribution in [0.4, 0.5) is 4.39 Å². The van der Waals surface area contributed by atoms with E-state index in [9.17, 15) is 18.1 Å². The summed E-state index contributed by atoms with van der Waals surface area (Å²) in [6.45, 7) is 0.809. The van der Waals surface area contributed by atoms with Gasteiger partial charge in [0.2, 0.25) is 0 Å². The maximum Gasteiger partial charge on any atom is 0.490 e. The van der Waals surface area contributed by atoms with Gasteiger partial charge in [-0.05, 0) is 6.92 Å². The van der Waals surface area contributed by atoms with Crippen LogP contribution < -0.4 is 0 Å². The van der Waals surface area contributed by atoms with E-state index in [0.29, 0.717) is 0 Å². The molecule has 0 aliphatic carbocycles. The Labute approximate surface area is 118 Å². The molecule has 0 spiro atoms. The minimum absolute atomic E-state index is 0.114. The molecule has 4 unspecified atom stereocenters. The highest BCUT2D eigenvalue weighted by atomic mass is 31.3. The van der Waals surface area contributed by atoms with E-state index in [1.54, 1.807) is 0 Å². The SMILES string of the molecule is CC1OC(COP(=O)(O)OP(=O)(O)OP(=O)(O)O)C[C@@H]1F. The first kappa shape index (κ1) is 19.3. The number of halogens is 1. The largest absolute Gasteiger partial charge is 0.490 e. The Morgan fingerprint density at radius 2 is 1.71 bits per heavy atom. The minimum Gasteiger partial charge on any atom is -0.370 e. The highest BCUT2D eigenvalue weighted by molar-refractivity contribution is 7.66. The Morgan fingerprint density at radius 1 is 1.14 bits per heavy atom. The Kier molecular flexibility index (Phi) is 6.28. The topological polar surface area (TPSA) is 169 Å². The Balaban J connectivity index is 2.52. The van der Waals surface area contributed by atoms with E-state index in [4.69, 9.17) is 24.3 Å². The van der Waals surface area contributed by atoms with E-state index in [2.05, 4.69) is 13.1 Å². The predicted octanol–water partition coefficient (Wildman–Crippen LogP) is 0.845. The first-order valence-electron chi connectivity index (χ1n) is 5.37. The number of ether oxygens (including phenoxy) is 1. The Bertz CT molecular complexity index is 494. The van der Waals surface area contributed by atoms with Crippen LogP contribution in [0.25, 0.3) is 0 Å². The van der Waals surface area contributed by atoms with E-state index in [1.807, 2.05) is 0 Å². The molecule has 11 nitrogen and oxygen atoms in total. The van der Waals surface area contributed by atoms with Crippen LogP contribution in [0.3, 0.4) is 0 Å². The van der Waals surface area contributed by atoms with Gasteiger partial charge in [0.05, 0.1) is 18.8 Å². The summed E-state index contributed by atoms with van der Waals surface area (Å²) < 4.78 is 62.1. The van der Waals surface area contributed by atoms with Crippen molar-refractivity contribution in [3.05, 3.63) is 0 Å². The molecule has 0 aromatic carbocycles. The molecule has 1 heterocycles. The summed E-state index contributed by atoms with van der Waals surface area (Å²) in [5.74, 6) is 0. The second-order valence-electron chi connectivity index (χ2n) is 4.10. The second kappa shape index (κ2) is 6.82. The van der Waals surface area contributed by atoms with Gasteiger partial charge in [-0.15, -0.1) is 0 Å². The standard InChI is InChI=1S/C6H14FO11P3/c1-4-6(7)2-5(16-4)3-15-20(11,12)18-21(13,14)17-19(8,9)10/h4-6H,2-3H2,1H3,(H,11,12)(H,13,14)(H2,8,9,10)/t4?,5?,6-/m0/s1. The lowest BCUT2D eigenvalue weighted by Crippen LogP contribution is -2.15. The van der Waals surface area contributed by atoms with Gasteiger partial charge in [-0.2, -0.15) is 8.62 Å². The van der Waals surface area contributed by atoms with Crippen LogP contribution in [0.2, 0.25) is 0 Å². The van der Waals surface area contributed by atoms with Gasteiger partial charge in [-0.3, -0.25) is 4.52 Å². The van der Waals surface area contributed by atoms with Crippen molar-refractivity contribution in [1.82, 2.24) is 0 Å². The van der Waals surface area contributed by atoms with Crippen LogP contribution >= 0.6 is 23.5 Å². The van der Waals surface area contributed by atoms with Crippen molar-refractivity contribution in [3.8, 4) is 0 Å². The van der Waals surface area contributed by atoms with Crippen LogP contribution in [0.15, 0.2) is 0 Å². The Morgan fingerprint density at radius 3 is 2.14 bits per heavy atom. The van der Waals surface area contributed by atoms with E-state index < -0.39 is 48.5 Å². The van der Waals surface area contributed by atoms with Gasteiger partial charge in [0, 0.05) is 6.42 Å². The van der Waals surface area contributed by atoms with E-state index in [-0.39, 0.29) is 6.42 Å². The number of phosphoric acid groups is 3. The molecule has 1 saturated heterocycles. The zero-order valence-corrected chi connectivity index (χ0v) is 13.2. The van der Waals surface area contributed by atoms with Crippen molar-refractivity contribution >= 4 is 23.5 Å². The van der Waals surface area contributed by atoms with Gasteiger partial charge in [0.25, 0.3) is 0 Å². The lowest BCUT2D eigenvalue weighted by Gasteiger charge is -2.17. The van der Waals surface area contributed by atoms with Crippen molar-refractivity contribution in [1.29, 1.82) is 0 Å². The molecule has 0 aromatic heterocycles. The van der Waals surface area contributed by atoms with Crippen molar-refractivity contribution in [2.45, 2.75) is 31.7 Å². The third kappa shape index (κ3) is 7.40. The number of alkyl halides is 1. The summed E-state index contributed by atoms with van der Waals surface area (Å²) in [5.41, 5.74) is 0.